The zero-order valence-corrected chi connectivity index (χ0v) is 11.9. The lowest BCUT2D eigenvalue weighted by atomic mass is 10.1. The number of hydrogen-bond acceptors (Lipinski definition) is 3. The molecular formula is C13H15BrN4O. The van der Waals surface area contributed by atoms with Crippen LogP contribution < -0.4 is 11.1 Å². The van der Waals surface area contributed by atoms with Crippen LogP contribution in [0.5, 0.6) is 0 Å². The predicted molar refractivity (Wildman–Crippen MR) is 77.7 cm³/mol. The summed E-state index contributed by atoms with van der Waals surface area (Å²) in [5.74, 6) is -0.153. The highest BCUT2D eigenvalue weighted by molar-refractivity contribution is 9.10. The SMILES string of the molecule is Nc1ccc(Br)cc1C(=O)NCCCn1cccn1. The van der Waals surface area contributed by atoms with Gasteiger partial charge >= 0.3 is 0 Å². The van der Waals surface area contributed by atoms with E-state index in [-0.39, 0.29) is 5.91 Å². The molecule has 2 rings (SSSR count). The Morgan fingerprint density at radius 1 is 1.47 bits per heavy atom. The number of nitrogens with two attached hydrogens (primary N) is 1. The molecular weight excluding hydrogens is 308 g/mol. The van der Waals surface area contributed by atoms with Gasteiger partial charge in [0.05, 0.1) is 5.56 Å². The number of aryl methyl sites for hydroxylation is 1. The first kappa shape index (κ1) is 13.6. The Balaban J connectivity index is 1.82. The maximum Gasteiger partial charge on any atom is 0.253 e. The fourth-order valence-corrected chi connectivity index (χ4v) is 2.06. The van der Waals surface area contributed by atoms with Crippen molar-refractivity contribution in [2.45, 2.75) is 13.0 Å². The Labute approximate surface area is 119 Å². The first-order valence-electron chi connectivity index (χ1n) is 5.97. The van der Waals surface area contributed by atoms with Gasteiger partial charge in [-0.1, -0.05) is 15.9 Å². The molecule has 0 aliphatic heterocycles. The van der Waals surface area contributed by atoms with Crippen LogP contribution in [-0.4, -0.2) is 22.2 Å². The smallest absolute Gasteiger partial charge is 0.253 e. The molecule has 19 heavy (non-hydrogen) atoms. The molecule has 2 aromatic rings. The number of hydrogen-bond donors (Lipinski definition) is 2. The second-order valence-electron chi connectivity index (χ2n) is 4.11. The molecule has 6 heteroatoms. The first-order valence-corrected chi connectivity index (χ1v) is 6.77. The van der Waals surface area contributed by atoms with Crippen molar-refractivity contribution >= 4 is 27.5 Å². The number of carbonyl (C=O) groups excluding carboxylic acids is 1. The first-order chi connectivity index (χ1) is 9.16. The van der Waals surface area contributed by atoms with E-state index in [0.717, 1.165) is 17.4 Å². The number of halogens is 1. The average Bonchev–Trinajstić information content (AvgIpc) is 2.90. The van der Waals surface area contributed by atoms with E-state index in [1.54, 1.807) is 18.3 Å². The minimum Gasteiger partial charge on any atom is -0.398 e. The Bertz CT molecular complexity index is 554. The van der Waals surface area contributed by atoms with Crippen molar-refractivity contribution in [3.8, 4) is 0 Å². The predicted octanol–water partition coefficient (Wildman–Crippen LogP) is 2.05. The summed E-state index contributed by atoms with van der Waals surface area (Å²) in [6.07, 6.45) is 4.45. The van der Waals surface area contributed by atoms with E-state index in [0.29, 0.717) is 17.8 Å². The van der Waals surface area contributed by atoms with E-state index in [9.17, 15) is 4.79 Å². The summed E-state index contributed by atoms with van der Waals surface area (Å²) in [7, 11) is 0. The maximum atomic E-state index is 11.9. The van der Waals surface area contributed by atoms with E-state index >= 15 is 0 Å². The molecule has 100 valence electrons. The molecule has 0 saturated carbocycles. The quantitative estimate of drug-likeness (QED) is 0.653. The van der Waals surface area contributed by atoms with Gasteiger partial charge in [-0.2, -0.15) is 5.10 Å². The molecule has 1 heterocycles. The second kappa shape index (κ2) is 6.38. The number of aromatic nitrogens is 2. The lowest BCUT2D eigenvalue weighted by molar-refractivity contribution is 0.0953. The Kier molecular flexibility index (Phi) is 4.57. The van der Waals surface area contributed by atoms with Gasteiger partial charge in [-0.25, -0.2) is 0 Å². The number of amides is 1. The Morgan fingerprint density at radius 3 is 3.05 bits per heavy atom. The summed E-state index contributed by atoms with van der Waals surface area (Å²) in [5.41, 5.74) is 6.75. The molecule has 0 unspecified atom stereocenters. The number of anilines is 1. The van der Waals surface area contributed by atoms with Gasteiger partial charge in [-0.05, 0) is 30.7 Å². The van der Waals surface area contributed by atoms with Gasteiger partial charge in [-0.3, -0.25) is 9.48 Å². The summed E-state index contributed by atoms with van der Waals surface area (Å²) in [4.78, 5) is 11.9. The minimum absolute atomic E-state index is 0.153. The Morgan fingerprint density at radius 2 is 2.32 bits per heavy atom. The Hall–Kier alpha value is -1.82. The van der Waals surface area contributed by atoms with Gasteiger partial charge in [0.25, 0.3) is 5.91 Å². The zero-order chi connectivity index (χ0) is 13.7. The zero-order valence-electron chi connectivity index (χ0n) is 10.3. The van der Waals surface area contributed by atoms with Crippen molar-refractivity contribution in [1.82, 2.24) is 15.1 Å². The number of nitrogens with zero attached hydrogens (tertiary/aromatic N) is 2. The topological polar surface area (TPSA) is 72.9 Å². The third-order valence-electron chi connectivity index (χ3n) is 2.67. The highest BCUT2D eigenvalue weighted by Gasteiger charge is 2.09. The van der Waals surface area contributed by atoms with Crippen molar-refractivity contribution in [3.05, 3.63) is 46.7 Å². The van der Waals surface area contributed by atoms with E-state index in [1.165, 1.54) is 0 Å². The standard InChI is InChI=1S/C13H15BrN4O/c14-10-3-4-12(15)11(9-10)13(19)16-5-1-7-18-8-2-6-17-18/h2-4,6,8-9H,1,5,7,15H2,(H,16,19). The van der Waals surface area contributed by atoms with Crippen LogP contribution in [0.3, 0.4) is 0 Å². The lowest BCUT2D eigenvalue weighted by Gasteiger charge is -2.08. The number of nitrogen functional groups attached to an aromatic ring is 1. The number of benzene rings is 1. The number of rotatable bonds is 5. The van der Waals surface area contributed by atoms with Crippen LogP contribution in [0.1, 0.15) is 16.8 Å². The van der Waals surface area contributed by atoms with Crippen LogP contribution >= 0.6 is 15.9 Å². The molecule has 1 aromatic heterocycles. The molecule has 1 aromatic carbocycles. The molecule has 0 aliphatic carbocycles. The summed E-state index contributed by atoms with van der Waals surface area (Å²) in [6, 6.07) is 7.12. The van der Waals surface area contributed by atoms with Crippen molar-refractivity contribution in [2.75, 3.05) is 12.3 Å². The maximum absolute atomic E-state index is 11.9. The fraction of sp³-hybridized carbons (Fsp3) is 0.231. The molecule has 0 radical (unpaired) electrons. The second-order valence-corrected chi connectivity index (χ2v) is 5.03. The summed E-state index contributed by atoms with van der Waals surface area (Å²) in [6.45, 7) is 1.37. The number of nitrogens with one attached hydrogen (secondary N) is 1. The fourth-order valence-electron chi connectivity index (χ4n) is 1.70. The molecule has 0 saturated heterocycles. The minimum atomic E-state index is -0.153. The highest BCUT2D eigenvalue weighted by Crippen LogP contribution is 2.18. The van der Waals surface area contributed by atoms with Crippen molar-refractivity contribution in [2.24, 2.45) is 0 Å². The van der Waals surface area contributed by atoms with Gasteiger partial charge in [0.2, 0.25) is 0 Å². The monoisotopic (exact) mass is 322 g/mol. The normalized spacial score (nSPS) is 10.4. The van der Waals surface area contributed by atoms with Crippen LogP contribution in [0.25, 0.3) is 0 Å². The van der Waals surface area contributed by atoms with Gasteiger partial charge in [0.1, 0.15) is 0 Å². The van der Waals surface area contributed by atoms with E-state index in [2.05, 4.69) is 26.3 Å². The van der Waals surface area contributed by atoms with Gasteiger partial charge < -0.3 is 11.1 Å². The largest absolute Gasteiger partial charge is 0.398 e. The molecule has 5 nitrogen and oxygen atoms in total. The van der Waals surface area contributed by atoms with Crippen LogP contribution in [0.4, 0.5) is 5.69 Å². The molecule has 3 N–H and O–H groups in total. The third-order valence-corrected chi connectivity index (χ3v) is 3.16. The van der Waals surface area contributed by atoms with Crippen molar-refractivity contribution in [1.29, 1.82) is 0 Å². The number of carbonyl (C=O) groups is 1. The highest BCUT2D eigenvalue weighted by atomic mass is 79.9. The molecule has 0 spiro atoms. The molecule has 0 atom stereocenters. The van der Waals surface area contributed by atoms with Crippen LogP contribution in [-0.2, 0) is 6.54 Å². The third kappa shape index (κ3) is 3.82. The van der Waals surface area contributed by atoms with Gasteiger partial charge in [-0.15, -0.1) is 0 Å². The van der Waals surface area contributed by atoms with Gasteiger partial charge in [0.15, 0.2) is 0 Å². The van der Waals surface area contributed by atoms with Crippen molar-refractivity contribution < 1.29 is 4.79 Å². The summed E-state index contributed by atoms with van der Waals surface area (Å²) in [5, 5.41) is 6.94. The molecule has 0 aliphatic rings. The van der Waals surface area contributed by atoms with Crippen LogP contribution in [0, 0.1) is 0 Å². The van der Waals surface area contributed by atoms with E-state index in [4.69, 9.17) is 5.73 Å². The lowest BCUT2D eigenvalue weighted by Crippen LogP contribution is -2.26. The summed E-state index contributed by atoms with van der Waals surface area (Å²) < 4.78 is 2.67. The molecule has 0 bridgehead atoms. The molecule has 0 fully saturated rings. The van der Waals surface area contributed by atoms with Crippen LogP contribution in [0.15, 0.2) is 41.1 Å². The molecule has 1 amide bonds. The van der Waals surface area contributed by atoms with E-state index in [1.807, 2.05) is 23.0 Å². The van der Waals surface area contributed by atoms with Gasteiger partial charge in [0, 0.05) is 35.6 Å². The average molecular weight is 323 g/mol. The van der Waals surface area contributed by atoms with E-state index < -0.39 is 0 Å². The van der Waals surface area contributed by atoms with Crippen LogP contribution in [0.2, 0.25) is 0 Å². The summed E-state index contributed by atoms with van der Waals surface area (Å²) >= 11 is 3.33. The van der Waals surface area contributed by atoms with Crippen molar-refractivity contribution in [3.63, 3.8) is 0 Å².